The van der Waals surface area contributed by atoms with Crippen LogP contribution in [0.15, 0.2) is 0 Å². The first-order valence-electron chi connectivity index (χ1n) is 4.50. The number of nitrogens with two attached hydrogens (primary N) is 1. The van der Waals surface area contributed by atoms with E-state index >= 15 is 0 Å². The number of aliphatic carboxylic acids is 1. The summed E-state index contributed by atoms with van der Waals surface area (Å²) >= 11 is 0. The van der Waals surface area contributed by atoms with Crippen molar-refractivity contribution in [3.8, 4) is 0 Å². The molecule has 7 nitrogen and oxygen atoms in total. The minimum absolute atomic E-state index is 0.245. The Balaban J connectivity index is 2.16. The fourth-order valence-corrected chi connectivity index (χ4v) is 0.935. The van der Waals surface area contributed by atoms with Crippen molar-refractivity contribution in [2.24, 2.45) is 5.73 Å². The third-order valence-electron chi connectivity index (χ3n) is 2.09. The Morgan fingerprint density at radius 3 is 2.27 bits per heavy atom. The van der Waals surface area contributed by atoms with Crippen molar-refractivity contribution in [2.45, 2.75) is 18.4 Å². The van der Waals surface area contributed by atoms with Gasteiger partial charge in [-0.05, 0) is 12.8 Å². The molecule has 0 saturated heterocycles. The molecule has 7 heteroatoms. The fourth-order valence-electron chi connectivity index (χ4n) is 0.935. The Kier molecular flexibility index (Phi) is 3.25. The summed E-state index contributed by atoms with van der Waals surface area (Å²) in [6, 6.07) is 0. The monoisotopic (exact) mass is 215 g/mol. The Bertz CT molecular complexity index is 298. The van der Waals surface area contributed by atoms with Crippen LogP contribution >= 0.6 is 0 Å². The van der Waals surface area contributed by atoms with Gasteiger partial charge in [0.25, 0.3) is 0 Å². The first kappa shape index (κ1) is 11.4. The maximum atomic E-state index is 11.2. The Hall–Kier alpha value is -1.63. The highest BCUT2D eigenvalue weighted by Gasteiger charge is 2.45. The molecule has 0 aliphatic heterocycles. The second kappa shape index (κ2) is 4.26. The Morgan fingerprint density at radius 1 is 1.20 bits per heavy atom. The molecule has 0 atom stereocenters. The second-order valence-corrected chi connectivity index (χ2v) is 3.51. The molecule has 1 aliphatic carbocycles. The van der Waals surface area contributed by atoms with Crippen molar-refractivity contribution in [3.63, 3.8) is 0 Å². The molecule has 2 amide bonds. The number of nitrogens with one attached hydrogen (secondary N) is 2. The van der Waals surface area contributed by atoms with E-state index in [4.69, 9.17) is 10.8 Å². The molecule has 0 aromatic carbocycles. The summed E-state index contributed by atoms with van der Waals surface area (Å²) in [5, 5.41) is 12.7. The van der Waals surface area contributed by atoms with Crippen LogP contribution in [-0.2, 0) is 14.4 Å². The average molecular weight is 215 g/mol. The van der Waals surface area contributed by atoms with Crippen LogP contribution in [0.2, 0.25) is 0 Å². The van der Waals surface area contributed by atoms with Gasteiger partial charge in [0.05, 0.1) is 12.1 Å². The van der Waals surface area contributed by atoms with Crippen molar-refractivity contribution in [3.05, 3.63) is 0 Å². The van der Waals surface area contributed by atoms with Gasteiger partial charge in [-0.1, -0.05) is 0 Å². The number of hydrogen-bond donors (Lipinski definition) is 4. The van der Waals surface area contributed by atoms with E-state index < -0.39 is 24.0 Å². The molecule has 0 unspecified atom stereocenters. The molecule has 0 heterocycles. The van der Waals surface area contributed by atoms with E-state index in [0.717, 1.165) is 0 Å². The molecule has 1 fully saturated rings. The van der Waals surface area contributed by atoms with Crippen LogP contribution in [0.1, 0.15) is 12.8 Å². The molecule has 1 saturated carbocycles. The maximum absolute atomic E-state index is 11.2. The summed E-state index contributed by atoms with van der Waals surface area (Å²) in [4.78, 5) is 32.3. The lowest BCUT2D eigenvalue weighted by Crippen LogP contribution is -2.47. The molecule has 0 bridgehead atoms. The number of rotatable bonds is 5. The van der Waals surface area contributed by atoms with E-state index in [-0.39, 0.29) is 12.5 Å². The summed E-state index contributed by atoms with van der Waals surface area (Å²) in [5.74, 6) is -2.05. The number of hydrogen-bond acceptors (Lipinski definition) is 4. The molecular weight excluding hydrogens is 202 g/mol. The Morgan fingerprint density at radius 2 is 1.80 bits per heavy atom. The Labute approximate surface area is 86.0 Å². The normalized spacial score (nSPS) is 16.6. The molecular formula is C8H13N3O4. The lowest BCUT2D eigenvalue weighted by Gasteiger charge is -2.09. The minimum atomic E-state index is -1.13. The van der Waals surface area contributed by atoms with Crippen molar-refractivity contribution in [2.75, 3.05) is 13.1 Å². The van der Waals surface area contributed by atoms with Gasteiger partial charge in [0, 0.05) is 0 Å². The zero-order valence-corrected chi connectivity index (χ0v) is 8.08. The highest BCUT2D eigenvalue weighted by Crippen LogP contribution is 2.31. The smallest absolute Gasteiger partial charge is 0.322 e. The van der Waals surface area contributed by atoms with Crippen molar-refractivity contribution < 1.29 is 19.5 Å². The van der Waals surface area contributed by atoms with E-state index in [9.17, 15) is 14.4 Å². The van der Waals surface area contributed by atoms with Gasteiger partial charge in [0.15, 0.2) is 0 Å². The number of carboxylic acid groups (broad SMARTS) is 1. The SMILES string of the molecule is NC1(C(=O)NCC(=O)NCC(=O)O)CC1. The molecule has 0 aromatic heterocycles. The van der Waals surface area contributed by atoms with Crippen molar-refractivity contribution >= 4 is 17.8 Å². The molecule has 5 N–H and O–H groups in total. The largest absolute Gasteiger partial charge is 0.480 e. The van der Waals surface area contributed by atoms with Crippen LogP contribution < -0.4 is 16.4 Å². The van der Waals surface area contributed by atoms with Gasteiger partial charge < -0.3 is 21.5 Å². The average Bonchev–Trinajstić information content (AvgIpc) is 2.91. The lowest BCUT2D eigenvalue weighted by atomic mass is 10.3. The number of amides is 2. The van der Waals surface area contributed by atoms with Gasteiger partial charge in [0.1, 0.15) is 6.54 Å². The third-order valence-corrected chi connectivity index (χ3v) is 2.09. The van der Waals surface area contributed by atoms with Crippen LogP contribution in [0.4, 0.5) is 0 Å². The standard InChI is InChI=1S/C8H13N3O4/c9-8(1-2-8)7(15)11-3-5(12)10-4-6(13)14/h1-4,9H2,(H,10,12)(H,11,15)(H,13,14). The zero-order valence-electron chi connectivity index (χ0n) is 8.08. The van der Waals surface area contributed by atoms with E-state index in [0.29, 0.717) is 12.8 Å². The van der Waals surface area contributed by atoms with E-state index in [1.165, 1.54) is 0 Å². The molecule has 1 aliphatic rings. The molecule has 0 radical (unpaired) electrons. The van der Waals surface area contributed by atoms with Gasteiger partial charge in [0.2, 0.25) is 11.8 Å². The van der Waals surface area contributed by atoms with E-state index in [2.05, 4.69) is 10.6 Å². The van der Waals surface area contributed by atoms with Crippen molar-refractivity contribution in [1.29, 1.82) is 0 Å². The van der Waals surface area contributed by atoms with Gasteiger partial charge >= 0.3 is 5.97 Å². The number of carbonyl (C=O) groups excluding carboxylic acids is 2. The van der Waals surface area contributed by atoms with Crippen LogP contribution in [-0.4, -0.2) is 41.5 Å². The second-order valence-electron chi connectivity index (χ2n) is 3.51. The highest BCUT2D eigenvalue weighted by molar-refractivity contribution is 5.92. The number of carbonyl (C=O) groups is 3. The predicted octanol–water partition coefficient (Wildman–Crippen LogP) is -2.21. The van der Waals surface area contributed by atoms with Crippen LogP contribution in [0, 0.1) is 0 Å². The molecule has 84 valence electrons. The number of carboxylic acids is 1. The summed E-state index contributed by atoms with van der Waals surface area (Å²) in [6.45, 7) is -0.701. The van der Waals surface area contributed by atoms with Crippen LogP contribution in [0.3, 0.4) is 0 Å². The minimum Gasteiger partial charge on any atom is -0.480 e. The summed E-state index contributed by atoms with van der Waals surface area (Å²) in [6.07, 6.45) is 1.24. The van der Waals surface area contributed by atoms with E-state index in [1.807, 2.05) is 0 Å². The van der Waals surface area contributed by atoms with Crippen LogP contribution in [0.5, 0.6) is 0 Å². The van der Waals surface area contributed by atoms with Gasteiger partial charge in [-0.25, -0.2) is 0 Å². The van der Waals surface area contributed by atoms with Gasteiger partial charge in [-0.2, -0.15) is 0 Å². The first-order chi connectivity index (χ1) is 6.94. The summed E-state index contributed by atoms with van der Waals surface area (Å²) < 4.78 is 0. The third kappa shape index (κ3) is 3.55. The maximum Gasteiger partial charge on any atom is 0.322 e. The quantitative estimate of drug-likeness (QED) is 0.414. The zero-order chi connectivity index (χ0) is 11.5. The lowest BCUT2D eigenvalue weighted by molar-refractivity contribution is -0.137. The predicted molar refractivity (Wildman–Crippen MR) is 49.8 cm³/mol. The molecule has 0 aromatic rings. The topological polar surface area (TPSA) is 122 Å². The van der Waals surface area contributed by atoms with Gasteiger partial charge in [-0.3, -0.25) is 14.4 Å². The molecule has 15 heavy (non-hydrogen) atoms. The van der Waals surface area contributed by atoms with Crippen LogP contribution in [0.25, 0.3) is 0 Å². The molecule has 1 rings (SSSR count). The fraction of sp³-hybridized carbons (Fsp3) is 0.625. The summed E-state index contributed by atoms with van der Waals surface area (Å²) in [5.41, 5.74) is 4.75. The first-order valence-corrected chi connectivity index (χ1v) is 4.50. The summed E-state index contributed by atoms with van der Waals surface area (Å²) in [7, 11) is 0. The molecule has 0 spiro atoms. The van der Waals surface area contributed by atoms with E-state index in [1.54, 1.807) is 0 Å². The van der Waals surface area contributed by atoms with Crippen molar-refractivity contribution in [1.82, 2.24) is 10.6 Å². The highest BCUT2D eigenvalue weighted by atomic mass is 16.4. The van der Waals surface area contributed by atoms with Gasteiger partial charge in [-0.15, -0.1) is 0 Å².